The number of benzene rings is 2. The summed E-state index contributed by atoms with van der Waals surface area (Å²) in [6.07, 6.45) is 6.18. The van der Waals surface area contributed by atoms with Crippen LogP contribution in [0.3, 0.4) is 0 Å². The number of hydrogen-bond acceptors (Lipinski definition) is 12. The number of ether oxygens (including phenoxy) is 3. The van der Waals surface area contributed by atoms with Crippen LogP contribution in [-0.4, -0.2) is 95.3 Å². The number of alkyl carbamates (subject to hydrolysis) is 1. The van der Waals surface area contributed by atoms with Crippen molar-refractivity contribution in [3.05, 3.63) is 60.4 Å². The minimum absolute atomic E-state index is 0.0435. The Hall–Kier alpha value is -5.36. The van der Waals surface area contributed by atoms with Gasteiger partial charge >= 0.3 is 6.09 Å². The molecular weight excluding hydrogens is 828 g/mol. The lowest BCUT2D eigenvalue weighted by Crippen LogP contribution is -2.58. The summed E-state index contributed by atoms with van der Waals surface area (Å²) in [4.78, 5) is 67.3. The lowest BCUT2D eigenvalue weighted by Gasteiger charge is -2.30. The zero-order valence-corrected chi connectivity index (χ0v) is 36.0. The maximum absolute atomic E-state index is 14.7. The number of hydrogen-bond donors (Lipinski definition) is 3. The predicted octanol–water partition coefficient (Wildman–Crippen LogP) is 5.90. The average molecular weight is 877 g/mol. The summed E-state index contributed by atoms with van der Waals surface area (Å²) in [5, 5.41) is 5.52. The summed E-state index contributed by atoms with van der Waals surface area (Å²) >= 11 is 1.31. The third-order valence-corrected chi connectivity index (χ3v) is 14.4. The molecule has 2 aliphatic carbocycles. The molecule has 2 saturated carbocycles. The third-order valence-electron chi connectivity index (χ3n) is 11.4. The number of halogens is 1. The van der Waals surface area contributed by atoms with Crippen molar-refractivity contribution in [2.45, 2.75) is 113 Å². The molecule has 324 valence electrons. The average Bonchev–Trinajstić information content (AvgIpc) is 4.11. The van der Waals surface area contributed by atoms with E-state index in [1.54, 1.807) is 58.2 Å². The number of carbonyl (C=O) groups is 4. The normalized spacial score (nSPS) is 25.4. The Kier molecular flexibility index (Phi) is 11.4. The second-order valence-corrected chi connectivity index (χ2v) is 20.2. The molecule has 15 nitrogen and oxygen atoms in total. The van der Waals surface area contributed by atoms with Crippen LogP contribution in [0, 0.1) is 11.7 Å². The van der Waals surface area contributed by atoms with Crippen molar-refractivity contribution in [2.75, 3.05) is 13.7 Å². The summed E-state index contributed by atoms with van der Waals surface area (Å²) in [7, 11) is -2.38. The molecule has 3 fully saturated rings. The fraction of sp³-hybridized carbons (Fsp3) is 0.488. The van der Waals surface area contributed by atoms with Crippen molar-refractivity contribution in [3.63, 3.8) is 0 Å². The minimum atomic E-state index is -3.94. The smallest absolute Gasteiger partial charge is 0.408 e. The van der Waals surface area contributed by atoms with E-state index >= 15 is 0 Å². The van der Waals surface area contributed by atoms with Gasteiger partial charge in [0.15, 0.2) is 5.82 Å². The maximum Gasteiger partial charge on any atom is 0.408 e. The van der Waals surface area contributed by atoms with Gasteiger partial charge < -0.3 is 29.7 Å². The number of allylic oxidation sites excluding steroid dienone is 1. The topological polar surface area (TPSA) is 195 Å². The Bertz CT molecular complexity index is 2520. The van der Waals surface area contributed by atoms with Crippen LogP contribution in [0.5, 0.6) is 11.6 Å². The second kappa shape index (κ2) is 16.5. The number of amides is 4. The van der Waals surface area contributed by atoms with E-state index in [1.165, 1.54) is 28.4 Å². The number of sulfonamides is 1. The van der Waals surface area contributed by atoms with Crippen molar-refractivity contribution in [1.82, 2.24) is 30.2 Å². The summed E-state index contributed by atoms with van der Waals surface area (Å²) in [5.41, 5.74) is -1.31. The lowest BCUT2D eigenvalue weighted by atomic mass is 10.0. The van der Waals surface area contributed by atoms with Crippen LogP contribution in [-0.2, 0) is 29.1 Å². The van der Waals surface area contributed by atoms with E-state index in [0.29, 0.717) is 58.4 Å². The summed E-state index contributed by atoms with van der Waals surface area (Å²) in [6.45, 7) is 5.03. The van der Waals surface area contributed by atoms with Crippen molar-refractivity contribution >= 4 is 65.5 Å². The molecule has 5 atom stereocenters. The Morgan fingerprint density at radius 3 is 2.52 bits per heavy atom. The van der Waals surface area contributed by atoms with Crippen molar-refractivity contribution in [2.24, 2.45) is 5.92 Å². The molecule has 2 aromatic heterocycles. The number of methoxy groups -OCH3 is 1. The molecule has 4 heterocycles. The Balaban J connectivity index is 1.15. The molecule has 61 heavy (non-hydrogen) atoms. The molecular formula is C43H49FN6O9S2. The van der Waals surface area contributed by atoms with Gasteiger partial charge in [-0.1, -0.05) is 25.0 Å². The molecule has 18 heteroatoms. The monoisotopic (exact) mass is 876 g/mol. The van der Waals surface area contributed by atoms with Crippen LogP contribution in [0.4, 0.5) is 9.18 Å². The van der Waals surface area contributed by atoms with Gasteiger partial charge in [-0.05, 0) is 102 Å². The molecule has 4 aromatic rings. The van der Waals surface area contributed by atoms with Crippen LogP contribution in [0.2, 0.25) is 0 Å². The molecule has 1 saturated heterocycles. The molecule has 0 bridgehead atoms. The van der Waals surface area contributed by atoms with Crippen molar-refractivity contribution in [3.8, 4) is 23.0 Å². The van der Waals surface area contributed by atoms with E-state index in [1.807, 2.05) is 12.2 Å². The van der Waals surface area contributed by atoms with Crippen LogP contribution in [0.1, 0.15) is 78.6 Å². The first-order chi connectivity index (χ1) is 29.0. The van der Waals surface area contributed by atoms with Gasteiger partial charge in [-0.25, -0.2) is 22.6 Å². The van der Waals surface area contributed by atoms with Crippen LogP contribution >= 0.6 is 11.3 Å². The number of aromatic nitrogens is 2. The number of rotatable bonds is 8. The third kappa shape index (κ3) is 9.15. The molecule has 3 N–H and O–H groups in total. The Morgan fingerprint density at radius 2 is 1.80 bits per heavy atom. The number of fused-ring (bicyclic) bond motifs is 5. The first kappa shape index (κ1) is 42.3. The first-order valence-corrected chi connectivity index (χ1v) is 23.0. The lowest BCUT2D eigenvalue weighted by molar-refractivity contribution is -0.141. The predicted molar refractivity (Wildman–Crippen MR) is 226 cm³/mol. The minimum Gasteiger partial charge on any atom is -0.497 e. The Morgan fingerprint density at radius 1 is 1.03 bits per heavy atom. The largest absolute Gasteiger partial charge is 0.497 e. The van der Waals surface area contributed by atoms with Crippen molar-refractivity contribution in [1.29, 1.82) is 0 Å². The van der Waals surface area contributed by atoms with Gasteiger partial charge in [-0.3, -0.25) is 19.1 Å². The SMILES string of the molecule is COc1ccc(-c2nc(O[C@@H]3C[C@H]4C(=O)N[C@]5(C(=O)NS(=O)(=O)C6CC6)C[C@H]5/C=C\CCCCC[C@H](NC(=O)OC(C)(C)C)C(=O)N4C3)c3sc4ccc(F)cc4c3n2)cc1. The highest BCUT2D eigenvalue weighted by Gasteiger charge is 2.62. The van der Waals surface area contributed by atoms with E-state index < -0.39 is 80.2 Å². The van der Waals surface area contributed by atoms with E-state index in [4.69, 9.17) is 24.2 Å². The van der Waals surface area contributed by atoms with Gasteiger partial charge in [0, 0.05) is 28.0 Å². The molecule has 2 aliphatic heterocycles. The van der Waals surface area contributed by atoms with Gasteiger partial charge in [0.2, 0.25) is 27.7 Å². The van der Waals surface area contributed by atoms with Crippen LogP contribution in [0.25, 0.3) is 31.7 Å². The summed E-state index contributed by atoms with van der Waals surface area (Å²) in [5.74, 6) is -1.88. The number of carbonyl (C=O) groups excluding carboxylic acids is 4. The maximum atomic E-state index is 14.7. The number of nitrogens with one attached hydrogen (secondary N) is 3. The standard InChI is InChI=1S/C43H49FN6O9S2/c1-42(2,3)59-41(54)45-31-11-9-7-5-6-8-10-25-22-43(25,40(53)49-61(55,56)29-17-18-29)48-37(51)32-21-28(23-50(32)39(31)52)58-38-35-34(30-20-26(44)14-19-33(30)60-35)46-36(47-38)24-12-15-27(57-4)16-13-24/h8,10,12-16,19-20,25,28-29,31-32H,5-7,9,11,17-18,21-23H2,1-4H3,(H,45,54)(H,48,51)(H,49,53)/b10-8-/t25-,28-,31+,32+,43-/m1/s1. The molecule has 2 aromatic carbocycles. The van der Waals surface area contributed by atoms with E-state index in [2.05, 4.69) is 15.4 Å². The molecule has 4 aliphatic rings. The molecule has 8 rings (SSSR count). The highest BCUT2D eigenvalue weighted by atomic mass is 32.2. The molecule has 0 spiro atoms. The quantitative estimate of drug-likeness (QED) is 0.178. The van der Waals surface area contributed by atoms with Crippen molar-refractivity contribution < 1.29 is 46.2 Å². The van der Waals surface area contributed by atoms with Gasteiger partial charge in [0.25, 0.3) is 5.91 Å². The van der Waals surface area contributed by atoms with E-state index in [0.717, 1.165) is 17.5 Å². The second-order valence-electron chi connectivity index (χ2n) is 17.2. The van der Waals surface area contributed by atoms with Crippen LogP contribution < -0.4 is 24.8 Å². The van der Waals surface area contributed by atoms with Crippen LogP contribution in [0.15, 0.2) is 54.6 Å². The van der Waals surface area contributed by atoms with Gasteiger partial charge in [0.1, 0.15) is 45.6 Å². The highest BCUT2D eigenvalue weighted by molar-refractivity contribution is 7.91. The zero-order chi connectivity index (χ0) is 43.3. The van der Waals surface area contributed by atoms with Gasteiger partial charge in [-0.2, -0.15) is 4.98 Å². The summed E-state index contributed by atoms with van der Waals surface area (Å²) < 4.78 is 61.5. The number of nitrogens with zero attached hydrogens (tertiary/aromatic N) is 3. The fourth-order valence-corrected chi connectivity index (χ4v) is 10.4. The highest BCUT2D eigenvalue weighted by Crippen LogP contribution is 2.46. The zero-order valence-electron chi connectivity index (χ0n) is 34.4. The fourth-order valence-electron chi connectivity index (χ4n) is 7.99. The first-order valence-electron chi connectivity index (χ1n) is 20.6. The Labute approximate surface area is 356 Å². The molecule has 0 unspecified atom stereocenters. The van der Waals surface area contributed by atoms with E-state index in [-0.39, 0.29) is 31.7 Å². The van der Waals surface area contributed by atoms with E-state index in [9.17, 15) is 32.0 Å². The summed E-state index contributed by atoms with van der Waals surface area (Å²) in [6, 6.07) is 9.25. The molecule has 0 radical (unpaired) electrons. The van der Waals surface area contributed by atoms with Gasteiger partial charge in [0.05, 0.1) is 24.4 Å². The number of thiophene rings is 1. The van der Waals surface area contributed by atoms with Gasteiger partial charge in [-0.15, -0.1) is 11.3 Å². The molecule has 4 amide bonds.